The molecule has 6 nitrogen and oxygen atoms in total. The number of aliphatic imine (C=N–C) groups is 1. The molecule has 1 saturated heterocycles. The SMILES string of the molecule is CCNC(=NCC(c1cccc(F)c1)N(C)C)NCCCOCC1CCOC1. The van der Waals surface area contributed by atoms with E-state index in [4.69, 9.17) is 14.5 Å². The van der Waals surface area contributed by atoms with Crippen LogP contribution in [0.15, 0.2) is 29.3 Å². The summed E-state index contributed by atoms with van der Waals surface area (Å²) >= 11 is 0. The molecule has 1 aliphatic heterocycles. The van der Waals surface area contributed by atoms with Crippen LogP contribution in [0.5, 0.6) is 0 Å². The maximum absolute atomic E-state index is 13.6. The van der Waals surface area contributed by atoms with E-state index in [1.807, 2.05) is 27.1 Å². The highest BCUT2D eigenvalue weighted by molar-refractivity contribution is 5.79. The number of ether oxygens (including phenoxy) is 2. The van der Waals surface area contributed by atoms with Crippen LogP contribution in [0.2, 0.25) is 0 Å². The number of rotatable bonds is 11. The first kappa shape index (κ1) is 22.6. The van der Waals surface area contributed by atoms with Gasteiger partial charge in [0.2, 0.25) is 0 Å². The highest BCUT2D eigenvalue weighted by atomic mass is 19.1. The number of guanidine groups is 1. The van der Waals surface area contributed by atoms with Crippen molar-refractivity contribution in [2.75, 3.05) is 60.2 Å². The molecule has 1 aromatic carbocycles. The number of benzene rings is 1. The van der Waals surface area contributed by atoms with Gasteiger partial charge in [0.25, 0.3) is 0 Å². The molecule has 28 heavy (non-hydrogen) atoms. The van der Waals surface area contributed by atoms with Crippen molar-refractivity contribution in [3.05, 3.63) is 35.6 Å². The molecule has 0 aromatic heterocycles. The second-order valence-electron chi connectivity index (χ2n) is 7.34. The smallest absolute Gasteiger partial charge is 0.191 e. The van der Waals surface area contributed by atoms with E-state index < -0.39 is 0 Å². The average Bonchev–Trinajstić information content (AvgIpc) is 3.18. The van der Waals surface area contributed by atoms with Gasteiger partial charge in [-0.3, -0.25) is 4.99 Å². The molecule has 158 valence electrons. The third-order valence-electron chi connectivity index (χ3n) is 4.76. The molecule has 0 radical (unpaired) electrons. The van der Waals surface area contributed by atoms with E-state index in [1.54, 1.807) is 12.1 Å². The predicted molar refractivity (Wildman–Crippen MR) is 111 cm³/mol. The van der Waals surface area contributed by atoms with E-state index >= 15 is 0 Å². The van der Waals surface area contributed by atoms with Crippen LogP contribution in [-0.4, -0.2) is 71.0 Å². The monoisotopic (exact) mass is 394 g/mol. The number of nitrogens with zero attached hydrogens (tertiary/aromatic N) is 2. The van der Waals surface area contributed by atoms with Crippen LogP contribution in [0, 0.1) is 11.7 Å². The molecule has 0 saturated carbocycles. The number of nitrogens with one attached hydrogen (secondary N) is 2. The molecule has 1 fully saturated rings. The van der Waals surface area contributed by atoms with Crippen molar-refractivity contribution in [3.8, 4) is 0 Å². The summed E-state index contributed by atoms with van der Waals surface area (Å²) in [7, 11) is 3.97. The van der Waals surface area contributed by atoms with Gasteiger partial charge in [0, 0.05) is 32.2 Å². The highest BCUT2D eigenvalue weighted by Crippen LogP contribution is 2.19. The normalized spacial score (nSPS) is 18.5. The van der Waals surface area contributed by atoms with E-state index in [1.165, 1.54) is 6.07 Å². The minimum absolute atomic E-state index is 0.0168. The molecule has 1 aromatic rings. The second-order valence-corrected chi connectivity index (χ2v) is 7.34. The Morgan fingerprint density at radius 1 is 1.39 bits per heavy atom. The summed E-state index contributed by atoms with van der Waals surface area (Å²) in [4.78, 5) is 6.75. The standard InChI is InChI=1S/C21H35FN4O2/c1-4-23-21(24-10-6-11-27-15-17-9-12-28-16-17)25-14-20(26(2)3)18-7-5-8-19(22)13-18/h5,7-8,13,17,20H,4,6,9-12,14-16H2,1-3H3,(H2,23,24,25). The Morgan fingerprint density at radius 3 is 2.93 bits per heavy atom. The van der Waals surface area contributed by atoms with Crippen molar-refractivity contribution >= 4 is 5.96 Å². The lowest BCUT2D eigenvalue weighted by Crippen LogP contribution is -2.38. The number of likely N-dealkylation sites (N-methyl/N-ethyl adjacent to an activating group) is 1. The Balaban J connectivity index is 1.77. The van der Waals surface area contributed by atoms with Gasteiger partial charge in [0.05, 0.1) is 25.8 Å². The van der Waals surface area contributed by atoms with E-state index in [0.29, 0.717) is 12.5 Å². The Hall–Kier alpha value is -1.70. The average molecular weight is 395 g/mol. The van der Waals surface area contributed by atoms with Crippen LogP contribution >= 0.6 is 0 Å². The third kappa shape index (κ3) is 8.12. The van der Waals surface area contributed by atoms with Gasteiger partial charge < -0.3 is 25.0 Å². The topological polar surface area (TPSA) is 58.1 Å². The molecule has 0 aliphatic carbocycles. The van der Waals surface area contributed by atoms with E-state index in [2.05, 4.69) is 15.5 Å². The van der Waals surface area contributed by atoms with Crippen molar-refractivity contribution in [3.63, 3.8) is 0 Å². The van der Waals surface area contributed by atoms with E-state index in [-0.39, 0.29) is 11.9 Å². The first-order valence-electron chi connectivity index (χ1n) is 10.2. The van der Waals surface area contributed by atoms with Crippen LogP contribution in [0.4, 0.5) is 4.39 Å². The predicted octanol–water partition coefficient (Wildman–Crippen LogP) is 2.43. The van der Waals surface area contributed by atoms with Crippen LogP contribution in [0.3, 0.4) is 0 Å². The van der Waals surface area contributed by atoms with Crippen LogP contribution in [0.1, 0.15) is 31.4 Å². The summed E-state index contributed by atoms with van der Waals surface area (Å²) in [6.45, 7) is 7.37. The van der Waals surface area contributed by atoms with Crippen molar-refractivity contribution < 1.29 is 13.9 Å². The molecule has 1 heterocycles. The lowest BCUT2D eigenvalue weighted by molar-refractivity contribution is 0.0888. The van der Waals surface area contributed by atoms with Gasteiger partial charge in [0.15, 0.2) is 5.96 Å². The fourth-order valence-corrected chi connectivity index (χ4v) is 3.15. The fourth-order valence-electron chi connectivity index (χ4n) is 3.15. The maximum Gasteiger partial charge on any atom is 0.191 e. The molecule has 1 aliphatic rings. The maximum atomic E-state index is 13.6. The first-order valence-corrected chi connectivity index (χ1v) is 10.2. The summed E-state index contributed by atoms with van der Waals surface area (Å²) in [6, 6.07) is 6.74. The lowest BCUT2D eigenvalue weighted by atomic mass is 10.1. The Kier molecular flexibility index (Phi) is 10.2. The van der Waals surface area contributed by atoms with Crippen molar-refractivity contribution in [1.82, 2.24) is 15.5 Å². The zero-order valence-electron chi connectivity index (χ0n) is 17.4. The van der Waals surface area contributed by atoms with Crippen molar-refractivity contribution in [2.24, 2.45) is 10.9 Å². The molecule has 2 atom stereocenters. The Bertz CT molecular complexity index is 592. The second kappa shape index (κ2) is 12.7. The molecule has 2 N–H and O–H groups in total. The van der Waals surface area contributed by atoms with E-state index in [0.717, 1.165) is 63.9 Å². The Morgan fingerprint density at radius 2 is 2.25 bits per heavy atom. The fraction of sp³-hybridized carbons (Fsp3) is 0.667. The Labute approximate surface area is 168 Å². The van der Waals surface area contributed by atoms with Crippen LogP contribution in [0.25, 0.3) is 0 Å². The molecule has 2 rings (SSSR count). The van der Waals surface area contributed by atoms with Gasteiger partial charge in [-0.05, 0) is 51.6 Å². The largest absolute Gasteiger partial charge is 0.381 e. The molecule has 7 heteroatoms. The number of halogens is 1. The van der Waals surface area contributed by atoms with Crippen LogP contribution < -0.4 is 10.6 Å². The van der Waals surface area contributed by atoms with Gasteiger partial charge in [0.1, 0.15) is 5.82 Å². The van der Waals surface area contributed by atoms with E-state index in [9.17, 15) is 4.39 Å². The van der Waals surface area contributed by atoms with Gasteiger partial charge in [-0.15, -0.1) is 0 Å². The minimum Gasteiger partial charge on any atom is -0.381 e. The number of hydrogen-bond donors (Lipinski definition) is 2. The first-order chi connectivity index (χ1) is 13.6. The van der Waals surface area contributed by atoms with Crippen molar-refractivity contribution in [1.29, 1.82) is 0 Å². The highest BCUT2D eigenvalue weighted by Gasteiger charge is 2.16. The van der Waals surface area contributed by atoms with Crippen molar-refractivity contribution in [2.45, 2.75) is 25.8 Å². The molecule has 0 amide bonds. The molecule has 0 spiro atoms. The summed E-state index contributed by atoms with van der Waals surface area (Å²) in [5, 5.41) is 6.61. The molecular weight excluding hydrogens is 359 g/mol. The summed E-state index contributed by atoms with van der Waals surface area (Å²) in [5.41, 5.74) is 0.925. The molecule has 2 unspecified atom stereocenters. The van der Waals surface area contributed by atoms with Crippen LogP contribution in [-0.2, 0) is 9.47 Å². The summed E-state index contributed by atoms with van der Waals surface area (Å²) < 4.78 is 24.7. The van der Waals surface area contributed by atoms with Gasteiger partial charge in [-0.25, -0.2) is 4.39 Å². The minimum atomic E-state index is -0.220. The molecular formula is C21H35FN4O2. The zero-order valence-corrected chi connectivity index (χ0v) is 17.4. The summed E-state index contributed by atoms with van der Waals surface area (Å²) in [6.07, 6.45) is 2.02. The van der Waals surface area contributed by atoms with Gasteiger partial charge in [-0.2, -0.15) is 0 Å². The number of hydrogen-bond acceptors (Lipinski definition) is 4. The third-order valence-corrected chi connectivity index (χ3v) is 4.76. The van der Waals surface area contributed by atoms with Gasteiger partial charge in [-0.1, -0.05) is 12.1 Å². The quantitative estimate of drug-likeness (QED) is 0.343. The van der Waals surface area contributed by atoms with Gasteiger partial charge >= 0.3 is 0 Å². The molecule has 0 bridgehead atoms. The lowest BCUT2D eigenvalue weighted by Gasteiger charge is -2.23. The zero-order chi connectivity index (χ0) is 20.2. The summed E-state index contributed by atoms with van der Waals surface area (Å²) in [5.74, 6) is 1.11.